The molecule has 0 saturated carbocycles. The summed E-state index contributed by atoms with van der Waals surface area (Å²) in [6, 6.07) is 18.0. The van der Waals surface area contributed by atoms with Gasteiger partial charge < -0.3 is 9.72 Å². The second kappa shape index (κ2) is 7.95. The van der Waals surface area contributed by atoms with Gasteiger partial charge in [0.2, 0.25) is 0 Å². The normalized spacial score (nSPS) is 11.0. The maximum Gasteiger partial charge on any atom is 0.259 e. The van der Waals surface area contributed by atoms with Crippen molar-refractivity contribution < 1.29 is 4.74 Å². The van der Waals surface area contributed by atoms with Crippen molar-refractivity contribution >= 4 is 50.0 Å². The zero-order chi connectivity index (χ0) is 19.7. The molecule has 0 atom stereocenters. The van der Waals surface area contributed by atoms with E-state index in [9.17, 15) is 4.79 Å². The quantitative estimate of drug-likeness (QED) is 0.380. The van der Waals surface area contributed by atoms with E-state index in [1.54, 1.807) is 24.3 Å². The monoisotopic (exact) mass is 474 g/mol. The van der Waals surface area contributed by atoms with E-state index in [-0.39, 0.29) is 12.2 Å². The third-order valence-electron chi connectivity index (χ3n) is 4.21. The first-order chi connectivity index (χ1) is 13.5. The number of fused-ring (bicyclic) bond motifs is 1. The Hall–Kier alpha value is -2.34. The van der Waals surface area contributed by atoms with Gasteiger partial charge in [-0.05, 0) is 42.5 Å². The van der Waals surface area contributed by atoms with Crippen LogP contribution in [0.15, 0.2) is 69.9 Å². The lowest BCUT2D eigenvalue weighted by Gasteiger charge is -2.13. The standard InChI is InChI=1S/C21H13BrCl2N2O2/c22-13-6-8-19(28-11-12-5-7-14(23)10-17(12)24)16(9-13)20-25-18-4-2-1-3-15(18)21(27)26-20/h1-10H,11H2,(H,25,26,27). The van der Waals surface area contributed by atoms with Gasteiger partial charge in [-0.2, -0.15) is 0 Å². The summed E-state index contributed by atoms with van der Waals surface area (Å²) < 4.78 is 6.84. The van der Waals surface area contributed by atoms with E-state index in [1.807, 2.05) is 36.4 Å². The Morgan fingerprint density at radius 3 is 2.68 bits per heavy atom. The average Bonchev–Trinajstić information content (AvgIpc) is 2.68. The maximum absolute atomic E-state index is 12.4. The Bertz CT molecular complexity index is 1240. The van der Waals surface area contributed by atoms with Gasteiger partial charge in [-0.25, -0.2) is 4.98 Å². The molecule has 4 aromatic rings. The summed E-state index contributed by atoms with van der Waals surface area (Å²) in [5.74, 6) is 1.01. The molecule has 0 spiro atoms. The van der Waals surface area contributed by atoms with E-state index in [4.69, 9.17) is 27.9 Å². The Kier molecular flexibility index (Phi) is 5.40. The lowest BCUT2D eigenvalue weighted by Crippen LogP contribution is -2.10. The van der Waals surface area contributed by atoms with Crippen LogP contribution < -0.4 is 10.3 Å². The van der Waals surface area contributed by atoms with Crippen LogP contribution in [0.2, 0.25) is 10.0 Å². The largest absolute Gasteiger partial charge is 0.488 e. The SMILES string of the molecule is O=c1[nH]c(-c2cc(Br)ccc2OCc2ccc(Cl)cc2Cl)nc2ccccc12. The molecule has 0 amide bonds. The number of para-hydroxylation sites is 1. The fourth-order valence-corrected chi connectivity index (χ4v) is 3.65. The fraction of sp³-hybridized carbons (Fsp3) is 0.0476. The molecule has 0 saturated heterocycles. The van der Waals surface area contributed by atoms with E-state index >= 15 is 0 Å². The molecule has 7 heteroatoms. The average molecular weight is 476 g/mol. The third kappa shape index (κ3) is 3.92. The highest BCUT2D eigenvalue weighted by Gasteiger charge is 2.13. The van der Waals surface area contributed by atoms with Crippen LogP contribution in [0, 0.1) is 0 Å². The summed E-state index contributed by atoms with van der Waals surface area (Å²) in [5.41, 5.74) is 1.89. The number of nitrogens with zero attached hydrogens (tertiary/aromatic N) is 1. The first-order valence-corrected chi connectivity index (χ1v) is 9.92. The minimum Gasteiger partial charge on any atom is -0.488 e. The summed E-state index contributed by atoms with van der Waals surface area (Å²) >= 11 is 15.6. The smallest absolute Gasteiger partial charge is 0.259 e. The van der Waals surface area contributed by atoms with Crippen LogP contribution in [0.5, 0.6) is 5.75 Å². The van der Waals surface area contributed by atoms with E-state index in [0.717, 1.165) is 10.0 Å². The van der Waals surface area contributed by atoms with Crippen molar-refractivity contribution in [2.45, 2.75) is 6.61 Å². The molecule has 1 heterocycles. The molecule has 28 heavy (non-hydrogen) atoms. The van der Waals surface area contributed by atoms with E-state index in [1.165, 1.54) is 0 Å². The predicted molar refractivity (Wildman–Crippen MR) is 116 cm³/mol. The van der Waals surface area contributed by atoms with Crippen molar-refractivity contribution in [3.8, 4) is 17.1 Å². The second-order valence-electron chi connectivity index (χ2n) is 6.10. The third-order valence-corrected chi connectivity index (χ3v) is 5.29. The minimum atomic E-state index is -0.202. The van der Waals surface area contributed by atoms with Gasteiger partial charge >= 0.3 is 0 Å². The summed E-state index contributed by atoms with van der Waals surface area (Å²) in [4.78, 5) is 19.9. The lowest BCUT2D eigenvalue weighted by atomic mass is 10.1. The zero-order valence-electron chi connectivity index (χ0n) is 14.4. The number of halogens is 3. The topological polar surface area (TPSA) is 55.0 Å². The number of ether oxygens (including phenoxy) is 1. The Balaban J connectivity index is 1.74. The molecule has 4 nitrogen and oxygen atoms in total. The van der Waals surface area contributed by atoms with E-state index < -0.39 is 0 Å². The highest BCUT2D eigenvalue weighted by Crippen LogP contribution is 2.32. The van der Waals surface area contributed by atoms with E-state index in [0.29, 0.717) is 38.1 Å². The number of nitrogens with one attached hydrogen (secondary N) is 1. The van der Waals surface area contributed by atoms with Gasteiger partial charge in [0.25, 0.3) is 5.56 Å². The molecule has 140 valence electrons. The summed E-state index contributed by atoms with van der Waals surface area (Å²) in [6.07, 6.45) is 0. The van der Waals surface area contributed by atoms with Crippen LogP contribution >= 0.6 is 39.1 Å². The molecule has 1 aromatic heterocycles. The molecule has 0 radical (unpaired) electrons. The summed E-state index contributed by atoms with van der Waals surface area (Å²) in [7, 11) is 0. The van der Waals surface area contributed by atoms with Gasteiger partial charge in [0.15, 0.2) is 0 Å². The second-order valence-corrected chi connectivity index (χ2v) is 7.86. The van der Waals surface area contributed by atoms with Crippen molar-refractivity contribution in [2.24, 2.45) is 0 Å². The first-order valence-electron chi connectivity index (χ1n) is 8.37. The van der Waals surface area contributed by atoms with Gasteiger partial charge in [-0.15, -0.1) is 0 Å². The number of benzene rings is 3. The van der Waals surface area contributed by atoms with Gasteiger partial charge in [0.1, 0.15) is 18.2 Å². The van der Waals surface area contributed by atoms with Crippen molar-refractivity contribution in [1.82, 2.24) is 9.97 Å². The van der Waals surface area contributed by atoms with Gasteiger partial charge in [0.05, 0.1) is 16.5 Å². The van der Waals surface area contributed by atoms with Crippen molar-refractivity contribution in [3.63, 3.8) is 0 Å². The Morgan fingerprint density at radius 1 is 1.04 bits per heavy atom. The molecule has 0 bridgehead atoms. The highest BCUT2D eigenvalue weighted by molar-refractivity contribution is 9.10. The number of rotatable bonds is 4. The molecule has 4 rings (SSSR count). The molecule has 0 unspecified atom stereocenters. The van der Waals surface area contributed by atoms with Crippen LogP contribution in [0.4, 0.5) is 0 Å². The fourth-order valence-electron chi connectivity index (χ4n) is 2.82. The van der Waals surface area contributed by atoms with Crippen LogP contribution in [-0.4, -0.2) is 9.97 Å². The highest BCUT2D eigenvalue weighted by atomic mass is 79.9. The summed E-state index contributed by atoms with van der Waals surface area (Å²) in [5, 5.41) is 1.64. The van der Waals surface area contributed by atoms with E-state index in [2.05, 4.69) is 25.9 Å². The minimum absolute atomic E-state index is 0.202. The van der Waals surface area contributed by atoms with Crippen molar-refractivity contribution in [2.75, 3.05) is 0 Å². The molecule has 3 aromatic carbocycles. The zero-order valence-corrected chi connectivity index (χ0v) is 17.5. The predicted octanol–water partition coefficient (Wildman–Crippen LogP) is 6.24. The van der Waals surface area contributed by atoms with Crippen LogP contribution in [-0.2, 0) is 6.61 Å². The molecule has 0 aliphatic carbocycles. The lowest BCUT2D eigenvalue weighted by molar-refractivity contribution is 0.307. The maximum atomic E-state index is 12.4. The number of aromatic amines is 1. The molecule has 1 N–H and O–H groups in total. The number of H-pyrrole nitrogens is 1. The van der Waals surface area contributed by atoms with Gasteiger partial charge in [0, 0.05) is 20.1 Å². The van der Waals surface area contributed by atoms with Crippen molar-refractivity contribution in [1.29, 1.82) is 0 Å². The molecular formula is C21H13BrCl2N2O2. The summed E-state index contributed by atoms with van der Waals surface area (Å²) in [6.45, 7) is 0.252. The Labute approximate surface area is 179 Å². The van der Waals surface area contributed by atoms with Crippen LogP contribution in [0.3, 0.4) is 0 Å². The molecular weight excluding hydrogens is 463 g/mol. The molecule has 0 fully saturated rings. The van der Waals surface area contributed by atoms with Crippen LogP contribution in [0.25, 0.3) is 22.3 Å². The van der Waals surface area contributed by atoms with Gasteiger partial charge in [-0.1, -0.05) is 57.3 Å². The Morgan fingerprint density at radius 2 is 1.86 bits per heavy atom. The molecule has 0 aliphatic rings. The number of hydrogen-bond donors (Lipinski definition) is 1. The number of hydrogen-bond acceptors (Lipinski definition) is 3. The van der Waals surface area contributed by atoms with Crippen molar-refractivity contribution in [3.05, 3.63) is 91.1 Å². The van der Waals surface area contributed by atoms with Gasteiger partial charge in [-0.3, -0.25) is 4.79 Å². The number of aromatic nitrogens is 2. The first kappa shape index (κ1) is 19.0. The van der Waals surface area contributed by atoms with Crippen LogP contribution in [0.1, 0.15) is 5.56 Å². The molecule has 0 aliphatic heterocycles.